The van der Waals surface area contributed by atoms with Crippen LogP contribution in [0, 0.1) is 13.8 Å². The Morgan fingerprint density at radius 3 is 2.43 bits per heavy atom. The average molecular weight is 523 g/mol. The Morgan fingerprint density at radius 1 is 1.11 bits per heavy atom. The molecule has 0 aliphatic heterocycles. The predicted octanol–water partition coefficient (Wildman–Crippen LogP) is 3.56. The van der Waals surface area contributed by atoms with Crippen LogP contribution in [0.5, 0.6) is 5.88 Å². The van der Waals surface area contributed by atoms with Gasteiger partial charge in [0.25, 0.3) is 0 Å². The van der Waals surface area contributed by atoms with Gasteiger partial charge >= 0.3 is 0 Å². The molecule has 194 valence electrons. The molecule has 4 rings (SSSR count). The molecule has 9 nitrogen and oxygen atoms in total. The molecule has 0 saturated carbocycles. The van der Waals surface area contributed by atoms with Crippen LogP contribution in [-0.4, -0.2) is 48.2 Å². The van der Waals surface area contributed by atoms with E-state index >= 15 is 0 Å². The third kappa shape index (κ3) is 5.11. The summed E-state index contributed by atoms with van der Waals surface area (Å²) in [5, 5.41) is 11.2. The zero-order valence-electron chi connectivity index (χ0n) is 21.6. The molecule has 1 unspecified atom stereocenters. The van der Waals surface area contributed by atoms with Gasteiger partial charge in [0.2, 0.25) is 11.8 Å². The van der Waals surface area contributed by atoms with Crippen molar-refractivity contribution in [2.45, 2.75) is 57.3 Å². The minimum atomic E-state index is -3.29. The summed E-state index contributed by atoms with van der Waals surface area (Å²) in [4.78, 5) is 31.1. The van der Waals surface area contributed by atoms with Crippen LogP contribution in [0.3, 0.4) is 0 Å². The highest BCUT2D eigenvalue weighted by atomic mass is 32.2. The molecule has 1 aromatic carbocycles. The molecule has 0 spiro atoms. The second-order valence-electron chi connectivity index (χ2n) is 9.50. The van der Waals surface area contributed by atoms with Crippen LogP contribution in [0.1, 0.15) is 58.7 Å². The number of aryl methyl sites for hydroxylation is 3. The lowest BCUT2D eigenvalue weighted by Gasteiger charge is -2.33. The molecule has 37 heavy (non-hydrogen) atoms. The number of ketones is 1. The van der Waals surface area contributed by atoms with Crippen molar-refractivity contribution in [1.29, 1.82) is 0 Å². The van der Waals surface area contributed by atoms with Gasteiger partial charge in [0.15, 0.2) is 15.6 Å². The Balaban J connectivity index is 1.52. The largest absolute Gasteiger partial charge is 0.480 e. The van der Waals surface area contributed by atoms with Gasteiger partial charge in [-0.3, -0.25) is 9.59 Å². The third-order valence-corrected chi connectivity index (χ3v) is 8.62. The molecule has 2 aromatic heterocycles. The number of fused-ring (bicyclic) bond motifs is 1. The number of pyridine rings is 1. The first-order valence-electron chi connectivity index (χ1n) is 12.0. The van der Waals surface area contributed by atoms with E-state index in [4.69, 9.17) is 4.74 Å². The minimum absolute atomic E-state index is 0.0188. The van der Waals surface area contributed by atoms with E-state index in [0.29, 0.717) is 47.1 Å². The zero-order valence-corrected chi connectivity index (χ0v) is 22.4. The van der Waals surface area contributed by atoms with Gasteiger partial charge in [-0.2, -0.15) is 5.10 Å². The van der Waals surface area contributed by atoms with E-state index in [1.165, 1.54) is 19.2 Å². The van der Waals surface area contributed by atoms with Crippen molar-refractivity contribution < 1.29 is 22.7 Å². The number of nitrogens with zero attached hydrogens (tertiary/aromatic N) is 3. The van der Waals surface area contributed by atoms with Gasteiger partial charge in [0.05, 0.1) is 41.0 Å². The normalized spacial score (nSPS) is 17.3. The van der Waals surface area contributed by atoms with Gasteiger partial charge in [-0.05, 0) is 69.0 Å². The molecule has 1 N–H and O–H groups in total. The number of anilines is 1. The number of amides is 1. The first-order valence-corrected chi connectivity index (χ1v) is 13.7. The summed E-state index contributed by atoms with van der Waals surface area (Å²) in [6.07, 6.45) is 1.12. The highest BCUT2D eigenvalue weighted by Gasteiger charge is 2.43. The highest BCUT2D eigenvalue weighted by Crippen LogP contribution is 2.39. The van der Waals surface area contributed by atoms with Crippen molar-refractivity contribution in [1.82, 2.24) is 15.2 Å². The smallest absolute Gasteiger partial charge is 0.236 e. The molecule has 1 aliphatic carbocycles. The van der Waals surface area contributed by atoms with E-state index in [-0.39, 0.29) is 28.8 Å². The maximum Gasteiger partial charge on any atom is 0.236 e. The summed E-state index contributed by atoms with van der Waals surface area (Å²) in [7, 11) is -1.76. The molecular formula is C27H30N4O5S. The van der Waals surface area contributed by atoms with Gasteiger partial charge < -0.3 is 10.1 Å². The summed E-state index contributed by atoms with van der Waals surface area (Å²) < 4.78 is 29.2. The molecule has 0 fully saturated rings. The number of methoxy groups -OCH3 is 1. The Bertz CT molecular complexity index is 1490. The molecule has 2 heterocycles. The topological polar surface area (TPSA) is 128 Å². The SMILES string of the molecule is CCS(=O)(=O)c1ccc(CC(=O)Nc2cc(C)c3c(n2)CCC(C)(c2cc(C)c(OC)nn2)C3=O)cc1. The standard InChI is InChI=1S/C27H30N4O5S/c1-6-37(34,35)19-9-7-18(8-10-19)15-23(32)29-22-14-16(2)24-20(28-22)11-12-27(4,25(24)33)21-13-17(3)26(36-5)31-30-21/h7-10,13-14H,6,11-12,15H2,1-5H3,(H,28,29,32). The molecule has 10 heteroatoms. The number of ether oxygens (including phenoxy) is 1. The van der Waals surface area contributed by atoms with Gasteiger partial charge in [-0.25, -0.2) is 13.4 Å². The van der Waals surface area contributed by atoms with E-state index < -0.39 is 15.3 Å². The number of sulfone groups is 1. The Hall–Kier alpha value is -3.66. The maximum atomic E-state index is 13.7. The van der Waals surface area contributed by atoms with Gasteiger partial charge in [-0.1, -0.05) is 19.1 Å². The number of hydrogen-bond donors (Lipinski definition) is 1. The lowest BCUT2D eigenvalue weighted by molar-refractivity contribution is -0.115. The molecule has 0 bridgehead atoms. The van der Waals surface area contributed by atoms with Crippen LogP contribution >= 0.6 is 0 Å². The first kappa shape index (κ1) is 26.4. The second kappa shape index (κ2) is 10.0. The van der Waals surface area contributed by atoms with Crippen LogP contribution in [0.15, 0.2) is 41.3 Å². The summed E-state index contributed by atoms with van der Waals surface area (Å²) in [5.74, 6) is 0.468. The number of nitrogens with one attached hydrogen (secondary N) is 1. The average Bonchev–Trinajstić information content (AvgIpc) is 2.86. The molecule has 3 aromatic rings. The number of rotatable bonds is 7. The summed E-state index contributed by atoms with van der Waals surface area (Å²) >= 11 is 0. The van der Waals surface area contributed by atoms with Gasteiger partial charge in [0.1, 0.15) is 5.82 Å². The number of benzene rings is 1. The molecule has 0 saturated heterocycles. The lowest BCUT2D eigenvalue weighted by Crippen LogP contribution is -2.39. The van der Waals surface area contributed by atoms with Crippen molar-refractivity contribution in [2.24, 2.45) is 0 Å². The van der Waals surface area contributed by atoms with E-state index in [2.05, 4.69) is 20.5 Å². The van der Waals surface area contributed by atoms with Crippen LogP contribution in [0.25, 0.3) is 0 Å². The quantitative estimate of drug-likeness (QED) is 0.499. The van der Waals surface area contributed by atoms with Crippen LogP contribution in [-0.2, 0) is 32.9 Å². The van der Waals surface area contributed by atoms with Crippen molar-refractivity contribution in [3.63, 3.8) is 0 Å². The van der Waals surface area contributed by atoms with Crippen LogP contribution in [0.2, 0.25) is 0 Å². The maximum absolute atomic E-state index is 13.7. The number of aromatic nitrogens is 3. The van der Waals surface area contributed by atoms with E-state index in [1.807, 2.05) is 26.8 Å². The fourth-order valence-electron chi connectivity index (χ4n) is 4.59. The number of hydrogen-bond acceptors (Lipinski definition) is 8. The van der Waals surface area contributed by atoms with E-state index in [1.54, 1.807) is 25.1 Å². The van der Waals surface area contributed by atoms with Crippen molar-refractivity contribution in [3.05, 3.63) is 70.0 Å². The van der Waals surface area contributed by atoms with Crippen LogP contribution < -0.4 is 10.1 Å². The third-order valence-electron chi connectivity index (χ3n) is 6.87. The second-order valence-corrected chi connectivity index (χ2v) is 11.8. The fourth-order valence-corrected chi connectivity index (χ4v) is 5.48. The molecule has 0 radical (unpaired) electrons. The minimum Gasteiger partial charge on any atom is -0.480 e. The Kier molecular flexibility index (Phi) is 7.14. The lowest BCUT2D eigenvalue weighted by atomic mass is 9.70. The molecule has 1 aliphatic rings. The van der Waals surface area contributed by atoms with Crippen LogP contribution in [0.4, 0.5) is 5.82 Å². The number of Topliss-reactive ketones (excluding diaryl/α,β-unsaturated/α-hetero) is 1. The van der Waals surface area contributed by atoms with Gasteiger partial charge in [-0.15, -0.1) is 5.10 Å². The summed E-state index contributed by atoms with van der Waals surface area (Å²) in [5.41, 5.74) is 3.16. The molecular weight excluding hydrogens is 492 g/mol. The Morgan fingerprint density at radius 2 is 1.81 bits per heavy atom. The van der Waals surface area contributed by atoms with Gasteiger partial charge in [0, 0.05) is 11.1 Å². The first-order chi connectivity index (χ1) is 17.5. The predicted molar refractivity (Wildman–Crippen MR) is 139 cm³/mol. The molecule has 1 amide bonds. The monoisotopic (exact) mass is 522 g/mol. The van der Waals surface area contributed by atoms with Crippen molar-refractivity contribution in [2.75, 3.05) is 18.2 Å². The fraction of sp³-hybridized carbons (Fsp3) is 0.370. The van der Waals surface area contributed by atoms with Crippen molar-refractivity contribution in [3.8, 4) is 5.88 Å². The number of carbonyl (C=O) groups excluding carboxylic acids is 2. The highest BCUT2D eigenvalue weighted by molar-refractivity contribution is 7.91. The van der Waals surface area contributed by atoms with E-state index in [0.717, 1.165) is 11.1 Å². The zero-order chi connectivity index (χ0) is 27.0. The van der Waals surface area contributed by atoms with Crippen molar-refractivity contribution >= 4 is 27.3 Å². The summed E-state index contributed by atoms with van der Waals surface area (Å²) in [6.45, 7) is 7.16. The summed E-state index contributed by atoms with van der Waals surface area (Å²) in [6, 6.07) is 9.84. The Labute approximate surface area is 216 Å². The molecule has 1 atom stereocenters. The number of carbonyl (C=O) groups is 2. The van der Waals surface area contributed by atoms with E-state index in [9.17, 15) is 18.0 Å².